The molecule has 0 amide bonds. The largest absolute Gasteiger partial charge is 0.504 e. The normalized spacial score (nSPS) is 10.7. The van der Waals surface area contributed by atoms with Gasteiger partial charge in [0, 0.05) is 5.02 Å². The highest BCUT2D eigenvalue weighted by molar-refractivity contribution is 6.31. The van der Waals surface area contributed by atoms with Crippen LogP contribution in [0.4, 0.5) is 0 Å². The predicted molar refractivity (Wildman–Crippen MR) is 54.2 cm³/mol. The minimum atomic E-state index is -1.06. The Morgan fingerprint density at radius 2 is 2.20 bits per heavy atom. The van der Waals surface area contributed by atoms with Gasteiger partial charge >= 0.3 is 5.97 Å². The van der Waals surface area contributed by atoms with Crippen LogP contribution in [0.2, 0.25) is 5.02 Å². The molecule has 2 aromatic rings. The number of aromatic hydroxyl groups is 1. The molecule has 5 heteroatoms. The van der Waals surface area contributed by atoms with Crippen molar-refractivity contribution in [3.05, 3.63) is 29.0 Å². The van der Waals surface area contributed by atoms with Crippen LogP contribution in [-0.2, 0) is 11.2 Å². The summed E-state index contributed by atoms with van der Waals surface area (Å²) in [7, 11) is 0. The molecular weight excluding hydrogens is 220 g/mol. The van der Waals surface area contributed by atoms with Gasteiger partial charge in [0.25, 0.3) is 0 Å². The summed E-state index contributed by atoms with van der Waals surface area (Å²) in [6.45, 7) is 0. The Bertz CT molecular complexity index is 529. The fourth-order valence-corrected chi connectivity index (χ4v) is 1.54. The van der Waals surface area contributed by atoms with Crippen molar-refractivity contribution in [1.29, 1.82) is 0 Å². The summed E-state index contributed by atoms with van der Waals surface area (Å²) in [5.74, 6) is -1.18. The Balaban J connectivity index is 2.59. The molecule has 0 saturated heterocycles. The van der Waals surface area contributed by atoms with E-state index in [9.17, 15) is 9.90 Å². The summed E-state index contributed by atoms with van der Waals surface area (Å²) in [4.78, 5) is 10.5. The van der Waals surface area contributed by atoms with Gasteiger partial charge in [0.2, 0.25) is 0 Å². The SMILES string of the molecule is O=C(O)Cc1oc2ccc(Cl)cc2c1O. The smallest absolute Gasteiger partial charge is 0.311 e. The minimum Gasteiger partial charge on any atom is -0.504 e. The zero-order valence-corrected chi connectivity index (χ0v) is 8.28. The maximum absolute atomic E-state index is 10.5. The van der Waals surface area contributed by atoms with Crippen molar-refractivity contribution < 1.29 is 19.4 Å². The first kappa shape index (κ1) is 9.86. The number of benzene rings is 1. The lowest BCUT2D eigenvalue weighted by molar-refractivity contribution is -0.136. The number of halogens is 1. The molecule has 0 bridgehead atoms. The monoisotopic (exact) mass is 226 g/mol. The molecule has 4 nitrogen and oxygen atoms in total. The van der Waals surface area contributed by atoms with Crippen LogP contribution in [0.15, 0.2) is 22.6 Å². The van der Waals surface area contributed by atoms with Crippen LogP contribution in [0.3, 0.4) is 0 Å². The van der Waals surface area contributed by atoms with E-state index in [1.54, 1.807) is 12.1 Å². The number of hydrogen-bond acceptors (Lipinski definition) is 3. The maximum atomic E-state index is 10.5. The fraction of sp³-hybridized carbons (Fsp3) is 0.100. The van der Waals surface area contributed by atoms with E-state index in [4.69, 9.17) is 21.1 Å². The molecule has 0 spiro atoms. The molecule has 0 radical (unpaired) electrons. The average molecular weight is 227 g/mol. The van der Waals surface area contributed by atoms with Crippen LogP contribution >= 0.6 is 11.6 Å². The van der Waals surface area contributed by atoms with Crippen molar-refractivity contribution in [2.45, 2.75) is 6.42 Å². The van der Waals surface area contributed by atoms with E-state index >= 15 is 0 Å². The van der Waals surface area contributed by atoms with Crippen molar-refractivity contribution >= 4 is 28.5 Å². The maximum Gasteiger partial charge on any atom is 0.311 e. The third kappa shape index (κ3) is 1.76. The summed E-state index contributed by atoms with van der Waals surface area (Å²) in [5.41, 5.74) is 0.424. The molecule has 0 aliphatic rings. The van der Waals surface area contributed by atoms with E-state index in [2.05, 4.69) is 0 Å². The molecule has 78 valence electrons. The Morgan fingerprint density at radius 3 is 2.87 bits per heavy atom. The highest BCUT2D eigenvalue weighted by Crippen LogP contribution is 2.33. The number of carboxylic acid groups (broad SMARTS) is 1. The molecule has 1 heterocycles. The molecule has 2 rings (SSSR count). The minimum absolute atomic E-state index is 0.0415. The topological polar surface area (TPSA) is 70.7 Å². The lowest BCUT2D eigenvalue weighted by atomic mass is 10.2. The fourth-order valence-electron chi connectivity index (χ4n) is 1.36. The van der Waals surface area contributed by atoms with Crippen LogP contribution in [-0.4, -0.2) is 16.2 Å². The first-order valence-corrected chi connectivity index (χ1v) is 4.57. The van der Waals surface area contributed by atoms with Crippen molar-refractivity contribution in [3.8, 4) is 5.75 Å². The number of fused-ring (bicyclic) bond motifs is 1. The van der Waals surface area contributed by atoms with Gasteiger partial charge in [0.05, 0.1) is 5.39 Å². The Morgan fingerprint density at radius 1 is 1.47 bits per heavy atom. The van der Waals surface area contributed by atoms with E-state index in [1.807, 2.05) is 0 Å². The zero-order chi connectivity index (χ0) is 11.0. The van der Waals surface area contributed by atoms with E-state index in [0.29, 0.717) is 16.0 Å². The van der Waals surface area contributed by atoms with E-state index < -0.39 is 5.97 Å². The van der Waals surface area contributed by atoms with Gasteiger partial charge in [-0.15, -0.1) is 0 Å². The molecule has 0 aliphatic carbocycles. The number of hydrogen-bond donors (Lipinski definition) is 2. The quantitative estimate of drug-likeness (QED) is 0.825. The first-order valence-electron chi connectivity index (χ1n) is 4.19. The summed E-state index contributed by atoms with van der Waals surface area (Å²) < 4.78 is 5.18. The second-order valence-corrected chi connectivity index (χ2v) is 3.52. The number of carboxylic acids is 1. The Labute approximate surface area is 89.7 Å². The summed E-state index contributed by atoms with van der Waals surface area (Å²) in [5, 5.41) is 19.1. The standard InChI is InChI=1S/C10H7ClO4/c11-5-1-2-7-6(3-5)10(14)8(15-7)4-9(12)13/h1-3,14H,4H2,(H,12,13). The number of carbonyl (C=O) groups is 1. The van der Waals surface area contributed by atoms with Crippen molar-refractivity contribution in [3.63, 3.8) is 0 Å². The predicted octanol–water partition coefficient (Wildman–Crippen LogP) is 2.42. The zero-order valence-electron chi connectivity index (χ0n) is 7.53. The molecule has 0 saturated carbocycles. The Kier molecular flexibility index (Phi) is 2.28. The second-order valence-electron chi connectivity index (χ2n) is 3.08. The number of aliphatic carboxylic acids is 1. The van der Waals surface area contributed by atoms with Crippen molar-refractivity contribution in [2.75, 3.05) is 0 Å². The molecule has 2 N–H and O–H groups in total. The van der Waals surface area contributed by atoms with E-state index in [-0.39, 0.29) is 17.9 Å². The molecule has 0 fully saturated rings. The molecular formula is C10H7ClO4. The van der Waals surface area contributed by atoms with Gasteiger partial charge in [-0.1, -0.05) is 11.6 Å². The average Bonchev–Trinajstić information content (AvgIpc) is 2.44. The third-order valence-corrected chi connectivity index (χ3v) is 2.24. The van der Waals surface area contributed by atoms with Crippen LogP contribution in [0.25, 0.3) is 11.0 Å². The molecule has 1 aromatic heterocycles. The highest BCUT2D eigenvalue weighted by atomic mass is 35.5. The summed E-state index contributed by atoms with van der Waals surface area (Å²) in [6, 6.07) is 4.72. The van der Waals surface area contributed by atoms with Crippen LogP contribution in [0.1, 0.15) is 5.76 Å². The molecule has 15 heavy (non-hydrogen) atoms. The van der Waals surface area contributed by atoms with Crippen molar-refractivity contribution in [2.24, 2.45) is 0 Å². The van der Waals surface area contributed by atoms with Gasteiger partial charge in [-0.25, -0.2) is 0 Å². The molecule has 0 atom stereocenters. The molecule has 0 aliphatic heterocycles. The number of furan rings is 1. The lowest BCUT2D eigenvalue weighted by Gasteiger charge is -1.91. The highest BCUT2D eigenvalue weighted by Gasteiger charge is 2.15. The summed E-state index contributed by atoms with van der Waals surface area (Å²) in [6.07, 6.45) is -0.349. The second kappa shape index (κ2) is 3.47. The number of rotatable bonds is 2. The van der Waals surface area contributed by atoms with Crippen LogP contribution in [0, 0.1) is 0 Å². The third-order valence-electron chi connectivity index (χ3n) is 2.01. The van der Waals surface area contributed by atoms with E-state index in [1.165, 1.54) is 6.07 Å². The van der Waals surface area contributed by atoms with Gasteiger partial charge in [-0.05, 0) is 18.2 Å². The van der Waals surface area contributed by atoms with Gasteiger partial charge in [-0.3, -0.25) is 4.79 Å². The van der Waals surface area contributed by atoms with Crippen molar-refractivity contribution in [1.82, 2.24) is 0 Å². The van der Waals surface area contributed by atoms with Gasteiger partial charge in [0.15, 0.2) is 11.5 Å². The first-order chi connectivity index (χ1) is 7.08. The summed E-state index contributed by atoms with van der Waals surface area (Å²) >= 11 is 5.74. The van der Waals surface area contributed by atoms with Crippen LogP contribution in [0.5, 0.6) is 5.75 Å². The van der Waals surface area contributed by atoms with Crippen LogP contribution < -0.4 is 0 Å². The lowest BCUT2D eigenvalue weighted by Crippen LogP contribution is -1.98. The van der Waals surface area contributed by atoms with Gasteiger partial charge in [0.1, 0.15) is 12.0 Å². The van der Waals surface area contributed by atoms with E-state index in [0.717, 1.165) is 0 Å². The molecule has 0 unspecified atom stereocenters. The Hall–Kier alpha value is -1.68. The van der Waals surface area contributed by atoms with Gasteiger partial charge < -0.3 is 14.6 Å². The molecule has 1 aromatic carbocycles. The van der Waals surface area contributed by atoms with Gasteiger partial charge in [-0.2, -0.15) is 0 Å².